The highest BCUT2D eigenvalue weighted by Crippen LogP contribution is 2.11. The fraction of sp³-hybridized carbons (Fsp3) is 0.375. The highest BCUT2D eigenvalue weighted by molar-refractivity contribution is 5.75. The number of nitro groups is 1. The number of aryl methyl sites for hydroxylation is 1. The van der Waals surface area contributed by atoms with Crippen LogP contribution >= 0.6 is 0 Å². The molecule has 0 radical (unpaired) electrons. The van der Waals surface area contributed by atoms with Crippen LogP contribution in [0.25, 0.3) is 0 Å². The lowest BCUT2D eigenvalue weighted by Crippen LogP contribution is -2.29. The third kappa shape index (κ3) is 5.87. The zero-order chi connectivity index (χ0) is 18.2. The van der Waals surface area contributed by atoms with E-state index in [-0.39, 0.29) is 30.4 Å². The average molecular weight is 350 g/mol. The molecule has 0 N–H and O–H groups in total. The van der Waals surface area contributed by atoms with Gasteiger partial charge in [0.25, 0.3) is 0 Å². The zero-order valence-electron chi connectivity index (χ0n) is 13.8. The minimum atomic E-state index is -0.529. The van der Waals surface area contributed by atoms with Crippen LogP contribution in [-0.4, -0.2) is 45.7 Å². The molecule has 0 atom stereocenters. The van der Waals surface area contributed by atoms with Gasteiger partial charge in [0.2, 0.25) is 5.91 Å². The molecule has 9 heteroatoms. The number of ether oxygens (including phenoxy) is 1. The summed E-state index contributed by atoms with van der Waals surface area (Å²) in [5, 5.41) is 14.4. The van der Waals surface area contributed by atoms with Crippen molar-refractivity contribution in [3.8, 4) is 5.75 Å². The summed E-state index contributed by atoms with van der Waals surface area (Å²) in [4.78, 5) is 23.6. The van der Waals surface area contributed by atoms with Crippen LogP contribution in [-0.2, 0) is 11.3 Å². The Morgan fingerprint density at radius 2 is 2.12 bits per heavy atom. The number of hydrogen-bond acceptors (Lipinski definition) is 5. The van der Waals surface area contributed by atoms with Crippen LogP contribution in [0, 0.1) is 15.9 Å². The summed E-state index contributed by atoms with van der Waals surface area (Å²) in [5.41, 5.74) is -0.0984. The predicted octanol–water partition coefficient (Wildman–Crippen LogP) is 2.25. The molecule has 1 heterocycles. The minimum absolute atomic E-state index is 0.0834. The Labute approximate surface area is 144 Å². The first kappa shape index (κ1) is 18.4. The topological polar surface area (TPSA) is 90.5 Å². The molecule has 2 rings (SSSR count). The lowest BCUT2D eigenvalue weighted by Gasteiger charge is -2.17. The minimum Gasteiger partial charge on any atom is -0.494 e. The zero-order valence-corrected chi connectivity index (χ0v) is 13.8. The van der Waals surface area contributed by atoms with Gasteiger partial charge in [-0.25, -0.2) is 4.39 Å². The van der Waals surface area contributed by atoms with Gasteiger partial charge in [-0.05, 0) is 30.7 Å². The number of rotatable bonds is 9. The third-order valence-corrected chi connectivity index (χ3v) is 3.53. The van der Waals surface area contributed by atoms with E-state index in [0.29, 0.717) is 25.3 Å². The highest BCUT2D eigenvalue weighted by atomic mass is 19.1. The van der Waals surface area contributed by atoms with Crippen molar-refractivity contribution in [1.82, 2.24) is 14.7 Å². The van der Waals surface area contributed by atoms with E-state index in [0.717, 1.165) is 6.20 Å². The molecular formula is C16H19FN4O4. The molecule has 0 aliphatic heterocycles. The van der Waals surface area contributed by atoms with Crippen LogP contribution in [0.5, 0.6) is 5.75 Å². The van der Waals surface area contributed by atoms with Crippen molar-refractivity contribution in [2.45, 2.75) is 19.4 Å². The lowest BCUT2D eigenvalue weighted by atomic mass is 10.3. The maximum Gasteiger partial charge on any atom is 0.306 e. The number of carbonyl (C=O) groups excluding carboxylic acids is 1. The van der Waals surface area contributed by atoms with Gasteiger partial charge in [0, 0.05) is 26.6 Å². The average Bonchev–Trinajstić information content (AvgIpc) is 3.07. The Bertz CT molecular complexity index is 717. The molecule has 1 aromatic carbocycles. The second-order valence-electron chi connectivity index (χ2n) is 5.44. The Hall–Kier alpha value is -2.97. The summed E-state index contributed by atoms with van der Waals surface area (Å²) < 4.78 is 19.6. The van der Waals surface area contributed by atoms with Crippen molar-refractivity contribution >= 4 is 11.6 Å². The fourth-order valence-electron chi connectivity index (χ4n) is 2.12. The molecule has 0 aliphatic rings. The Morgan fingerprint density at radius 3 is 2.76 bits per heavy atom. The van der Waals surface area contributed by atoms with E-state index in [4.69, 9.17) is 4.74 Å². The van der Waals surface area contributed by atoms with Crippen molar-refractivity contribution in [1.29, 1.82) is 0 Å². The number of halogens is 1. The van der Waals surface area contributed by atoms with E-state index >= 15 is 0 Å². The summed E-state index contributed by atoms with van der Waals surface area (Å²) in [6.45, 7) is 1.21. The molecule has 25 heavy (non-hydrogen) atoms. The van der Waals surface area contributed by atoms with Crippen LogP contribution in [0.2, 0.25) is 0 Å². The second-order valence-corrected chi connectivity index (χ2v) is 5.44. The first-order valence-corrected chi connectivity index (χ1v) is 7.75. The van der Waals surface area contributed by atoms with E-state index in [9.17, 15) is 19.3 Å². The monoisotopic (exact) mass is 350 g/mol. The number of amides is 1. The van der Waals surface area contributed by atoms with Gasteiger partial charge in [-0.3, -0.25) is 19.6 Å². The summed E-state index contributed by atoms with van der Waals surface area (Å²) >= 11 is 0. The predicted molar refractivity (Wildman–Crippen MR) is 87.6 cm³/mol. The van der Waals surface area contributed by atoms with Gasteiger partial charge in [0.05, 0.1) is 11.5 Å². The standard InChI is InChI=1S/C16H19FN4O4/c1-19(8-2-10-25-15-5-3-13(17)4-6-15)16(22)7-9-20-12-14(11-18-20)21(23)24/h3-6,11-12H,2,7-10H2,1H3. The third-order valence-electron chi connectivity index (χ3n) is 3.53. The number of hydrogen-bond donors (Lipinski definition) is 0. The van der Waals surface area contributed by atoms with Gasteiger partial charge in [0.1, 0.15) is 24.0 Å². The Morgan fingerprint density at radius 1 is 1.40 bits per heavy atom. The SMILES string of the molecule is CN(CCCOc1ccc(F)cc1)C(=O)CCn1cc([N+](=O)[O-])cn1. The molecule has 0 saturated heterocycles. The van der Waals surface area contributed by atoms with E-state index in [1.165, 1.54) is 23.0 Å². The first-order chi connectivity index (χ1) is 12.0. The van der Waals surface area contributed by atoms with E-state index in [1.807, 2.05) is 0 Å². The van der Waals surface area contributed by atoms with Crippen molar-refractivity contribution in [2.24, 2.45) is 0 Å². The molecule has 0 aliphatic carbocycles. The first-order valence-electron chi connectivity index (χ1n) is 7.75. The quantitative estimate of drug-likeness (QED) is 0.393. The molecule has 0 saturated carbocycles. The van der Waals surface area contributed by atoms with Gasteiger partial charge in [0.15, 0.2) is 0 Å². The summed E-state index contributed by atoms with van der Waals surface area (Å²) in [6.07, 6.45) is 3.28. The molecule has 2 aromatic rings. The summed E-state index contributed by atoms with van der Waals surface area (Å²) in [6, 6.07) is 5.75. The number of aromatic nitrogens is 2. The normalized spacial score (nSPS) is 10.5. The van der Waals surface area contributed by atoms with Crippen LogP contribution < -0.4 is 4.74 Å². The van der Waals surface area contributed by atoms with E-state index in [1.54, 1.807) is 24.1 Å². The molecule has 134 valence electrons. The molecule has 0 spiro atoms. The van der Waals surface area contributed by atoms with Crippen molar-refractivity contribution < 1.29 is 18.8 Å². The van der Waals surface area contributed by atoms with Gasteiger partial charge >= 0.3 is 5.69 Å². The smallest absolute Gasteiger partial charge is 0.306 e. The number of benzene rings is 1. The molecule has 0 unspecified atom stereocenters. The molecule has 0 bridgehead atoms. The highest BCUT2D eigenvalue weighted by Gasteiger charge is 2.12. The summed E-state index contributed by atoms with van der Waals surface area (Å²) in [5.74, 6) is 0.177. The van der Waals surface area contributed by atoms with E-state index in [2.05, 4.69) is 5.10 Å². The van der Waals surface area contributed by atoms with Crippen LogP contribution in [0.3, 0.4) is 0 Å². The van der Waals surface area contributed by atoms with Crippen LogP contribution in [0.1, 0.15) is 12.8 Å². The maximum atomic E-state index is 12.8. The molecule has 0 fully saturated rings. The van der Waals surface area contributed by atoms with Gasteiger partial charge in [-0.2, -0.15) is 5.10 Å². The number of carbonyl (C=O) groups is 1. The largest absolute Gasteiger partial charge is 0.494 e. The van der Waals surface area contributed by atoms with Crippen molar-refractivity contribution in [2.75, 3.05) is 20.2 Å². The Kier molecular flexibility index (Phi) is 6.44. The van der Waals surface area contributed by atoms with Crippen molar-refractivity contribution in [3.05, 3.63) is 52.6 Å². The second kappa shape index (κ2) is 8.76. The molecular weight excluding hydrogens is 331 g/mol. The number of nitrogens with zero attached hydrogens (tertiary/aromatic N) is 4. The molecule has 8 nitrogen and oxygen atoms in total. The van der Waals surface area contributed by atoms with E-state index < -0.39 is 4.92 Å². The lowest BCUT2D eigenvalue weighted by molar-refractivity contribution is -0.385. The van der Waals surface area contributed by atoms with Crippen molar-refractivity contribution in [3.63, 3.8) is 0 Å². The summed E-state index contributed by atoms with van der Waals surface area (Å²) in [7, 11) is 1.69. The molecule has 1 amide bonds. The van der Waals surface area contributed by atoms with Crippen LogP contribution in [0.4, 0.5) is 10.1 Å². The maximum absolute atomic E-state index is 12.8. The Balaban J connectivity index is 1.65. The van der Waals surface area contributed by atoms with Gasteiger partial charge < -0.3 is 9.64 Å². The molecule has 1 aromatic heterocycles. The van der Waals surface area contributed by atoms with Crippen LogP contribution in [0.15, 0.2) is 36.7 Å². The van der Waals surface area contributed by atoms with Gasteiger partial charge in [-0.15, -0.1) is 0 Å². The van der Waals surface area contributed by atoms with Gasteiger partial charge in [-0.1, -0.05) is 0 Å². The fourth-order valence-corrected chi connectivity index (χ4v) is 2.12.